The van der Waals surface area contributed by atoms with Gasteiger partial charge in [-0.1, -0.05) is 12.1 Å². The molecule has 2 aromatic rings. The summed E-state index contributed by atoms with van der Waals surface area (Å²) in [5, 5.41) is 11.7. The van der Waals surface area contributed by atoms with Gasteiger partial charge >= 0.3 is 5.97 Å². The number of carbonyl (C=O) groups is 2. The number of aromatic carboxylic acids is 1. The molecule has 0 saturated carbocycles. The maximum Gasteiger partial charge on any atom is 0.357 e. The van der Waals surface area contributed by atoms with Crippen molar-refractivity contribution in [2.45, 2.75) is 6.92 Å². The predicted octanol–water partition coefficient (Wildman–Crippen LogP) is 1.90. The smallest absolute Gasteiger partial charge is 0.357 e. The minimum absolute atomic E-state index is 0.0576. The Morgan fingerprint density at radius 1 is 1.30 bits per heavy atom. The van der Waals surface area contributed by atoms with E-state index < -0.39 is 16.0 Å². The van der Waals surface area contributed by atoms with Gasteiger partial charge in [0.2, 0.25) is 15.9 Å². The third kappa shape index (κ3) is 3.66. The van der Waals surface area contributed by atoms with E-state index in [-0.39, 0.29) is 28.0 Å². The Labute approximate surface area is 136 Å². The fraction of sp³-hybridized carbons (Fsp3) is 0.154. The molecule has 122 valence electrons. The first-order valence-electron chi connectivity index (χ1n) is 6.25. The highest BCUT2D eigenvalue weighted by molar-refractivity contribution is 7.92. The standard InChI is InChI=1S/C13H13N3O5S2/c1-8(17)15-9-5-3-4-6-10(9)16(23(2,20)21)12-11(13(18)19)14-7-22-12/h3-7H,1-2H3,(H,15,17)(H,18,19). The summed E-state index contributed by atoms with van der Waals surface area (Å²) in [5.41, 5.74) is 1.25. The number of benzene rings is 1. The highest BCUT2D eigenvalue weighted by Gasteiger charge is 2.29. The zero-order chi connectivity index (χ0) is 17.2. The summed E-state index contributed by atoms with van der Waals surface area (Å²) in [5.74, 6) is -1.72. The lowest BCUT2D eigenvalue weighted by Crippen LogP contribution is -2.26. The van der Waals surface area contributed by atoms with Crippen LogP contribution in [0.25, 0.3) is 0 Å². The number of anilines is 3. The molecule has 1 aromatic carbocycles. The Balaban J connectivity index is 2.69. The van der Waals surface area contributed by atoms with E-state index in [1.165, 1.54) is 24.6 Å². The maximum atomic E-state index is 12.2. The van der Waals surface area contributed by atoms with E-state index in [1.807, 2.05) is 0 Å². The highest BCUT2D eigenvalue weighted by atomic mass is 32.2. The quantitative estimate of drug-likeness (QED) is 0.846. The van der Waals surface area contributed by atoms with E-state index in [0.717, 1.165) is 21.9 Å². The molecule has 0 aliphatic heterocycles. The number of hydrogen-bond donors (Lipinski definition) is 2. The Bertz CT molecular complexity index is 860. The zero-order valence-corrected chi connectivity index (χ0v) is 13.8. The average Bonchev–Trinajstić information content (AvgIpc) is 2.88. The van der Waals surface area contributed by atoms with Crippen LogP contribution in [0.5, 0.6) is 0 Å². The van der Waals surface area contributed by atoms with Crippen LogP contribution in [0.15, 0.2) is 29.8 Å². The van der Waals surface area contributed by atoms with Crippen LogP contribution in [0, 0.1) is 0 Å². The summed E-state index contributed by atoms with van der Waals surface area (Å²) in [7, 11) is -3.87. The number of carboxylic acids is 1. The van der Waals surface area contributed by atoms with Crippen LogP contribution in [-0.2, 0) is 14.8 Å². The van der Waals surface area contributed by atoms with E-state index in [2.05, 4.69) is 10.3 Å². The molecule has 2 N–H and O–H groups in total. The molecule has 0 aliphatic rings. The molecule has 10 heteroatoms. The second-order valence-electron chi connectivity index (χ2n) is 4.54. The van der Waals surface area contributed by atoms with Crippen molar-refractivity contribution >= 4 is 49.6 Å². The van der Waals surface area contributed by atoms with Crippen molar-refractivity contribution in [3.8, 4) is 0 Å². The second-order valence-corrected chi connectivity index (χ2v) is 7.20. The molecule has 1 amide bonds. The van der Waals surface area contributed by atoms with Crippen LogP contribution in [0.4, 0.5) is 16.4 Å². The van der Waals surface area contributed by atoms with Crippen molar-refractivity contribution in [2.75, 3.05) is 15.9 Å². The van der Waals surface area contributed by atoms with Gasteiger partial charge < -0.3 is 10.4 Å². The molecule has 0 aliphatic carbocycles. The normalized spacial score (nSPS) is 11.0. The van der Waals surface area contributed by atoms with Gasteiger partial charge in [0.15, 0.2) is 5.69 Å². The average molecular weight is 355 g/mol. The fourth-order valence-corrected chi connectivity index (χ4v) is 4.06. The van der Waals surface area contributed by atoms with Gasteiger partial charge in [-0.05, 0) is 12.1 Å². The molecule has 0 bridgehead atoms. The van der Waals surface area contributed by atoms with Gasteiger partial charge in [-0.2, -0.15) is 0 Å². The first kappa shape index (κ1) is 16.9. The zero-order valence-electron chi connectivity index (χ0n) is 12.2. The number of thiazole rings is 1. The summed E-state index contributed by atoms with van der Waals surface area (Å²) >= 11 is 0.877. The number of para-hydroxylation sites is 2. The van der Waals surface area contributed by atoms with Gasteiger partial charge in [0.1, 0.15) is 5.00 Å². The van der Waals surface area contributed by atoms with Gasteiger partial charge in [-0.15, -0.1) is 11.3 Å². The molecule has 2 rings (SSSR count). The van der Waals surface area contributed by atoms with Crippen molar-refractivity contribution in [1.29, 1.82) is 0 Å². The van der Waals surface area contributed by atoms with Crippen molar-refractivity contribution in [1.82, 2.24) is 4.98 Å². The summed E-state index contributed by atoms with van der Waals surface area (Å²) in [4.78, 5) is 26.3. The number of rotatable bonds is 5. The molecule has 1 aromatic heterocycles. The Hall–Kier alpha value is -2.46. The molecule has 0 spiro atoms. The van der Waals surface area contributed by atoms with Crippen LogP contribution in [0.3, 0.4) is 0 Å². The third-order valence-electron chi connectivity index (χ3n) is 2.70. The largest absolute Gasteiger partial charge is 0.476 e. The van der Waals surface area contributed by atoms with Gasteiger partial charge in [0.05, 0.1) is 23.1 Å². The summed E-state index contributed by atoms with van der Waals surface area (Å²) in [6.07, 6.45) is 0.947. The summed E-state index contributed by atoms with van der Waals surface area (Å²) in [6.45, 7) is 1.29. The van der Waals surface area contributed by atoms with Crippen molar-refractivity contribution in [3.63, 3.8) is 0 Å². The van der Waals surface area contributed by atoms with Crippen LogP contribution < -0.4 is 9.62 Å². The lowest BCUT2D eigenvalue weighted by atomic mass is 10.2. The van der Waals surface area contributed by atoms with E-state index in [4.69, 9.17) is 0 Å². The number of aromatic nitrogens is 1. The monoisotopic (exact) mass is 355 g/mol. The van der Waals surface area contributed by atoms with Gasteiger partial charge in [-0.3, -0.25) is 4.79 Å². The van der Waals surface area contributed by atoms with Crippen LogP contribution in [0.2, 0.25) is 0 Å². The van der Waals surface area contributed by atoms with Crippen molar-refractivity contribution in [2.24, 2.45) is 0 Å². The molecule has 0 radical (unpaired) electrons. The SMILES string of the molecule is CC(=O)Nc1ccccc1N(c1scnc1C(=O)O)S(C)(=O)=O. The Morgan fingerprint density at radius 2 is 1.96 bits per heavy atom. The molecule has 0 atom stereocenters. The fourth-order valence-electron chi connectivity index (χ4n) is 1.92. The van der Waals surface area contributed by atoms with Gasteiger partial charge in [-0.25, -0.2) is 22.5 Å². The number of carboxylic acid groups (broad SMARTS) is 1. The number of sulfonamides is 1. The van der Waals surface area contributed by atoms with E-state index in [9.17, 15) is 23.1 Å². The minimum atomic E-state index is -3.87. The first-order valence-corrected chi connectivity index (χ1v) is 8.98. The number of hydrogen-bond acceptors (Lipinski definition) is 6. The maximum absolute atomic E-state index is 12.2. The number of amides is 1. The lowest BCUT2D eigenvalue weighted by molar-refractivity contribution is -0.114. The molecule has 8 nitrogen and oxygen atoms in total. The van der Waals surface area contributed by atoms with Crippen LogP contribution in [-0.4, -0.2) is 36.6 Å². The third-order valence-corrected chi connectivity index (χ3v) is 4.67. The Morgan fingerprint density at radius 3 is 2.52 bits per heavy atom. The number of nitrogens with one attached hydrogen (secondary N) is 1. The Kier molecular flexibility index (Phi) is 4.66. The number of carbonyl (C=O) groups excluding carboxylic acids is 1. The first-order chi connectivity index (χ1) is 10.7. The van der Waals surface area contributed by atoms with Crippen molar-refractivity contribution < 1.29 is 23.1 Å². The van der Waals surface area contributed by atoms with Crippen LogP contribution in [0.1, 0.15) is 17.4 Å². The lowest BCUT2D eigenvalue weighted by Gasteiger charge is -2.23. The molecule has 1 heterocycles. The number of nitrogens with zero attached hydrogens (tertiary/aromatic N) is 2. The van der Waals surface area contributed by atoms with Crippen LogP contribution >= 0.6 is 11.3 Å². The predicted molar refractivity (Wildman–Crippen MR) is 86.8 cm³/mol. The molecule has 0 fully saturated rings. The summed E-state index contributed by atoms with van der Waals surface area (Å²) < 4.78 is 25.3. The summed E-state index contributed by atoms with van der Waals surface area (Å²) in [6, 6.07) is 6.20. The molecule has 0 saturated heterocycles. The van der Waals surface area contributed by atoms with E-state index in [1.54, 1.807) is 12.1 Å². The topological polar surface area (TPSA) is 117 Å². The molecular formula is C13H13N3O5S2. The minimum Gasteiger partial charge on any atom is -0.476 e. The van der Waals surface area contributed by atoms with Gasteiger partial charge in [0, 0.05) is 6.92 Å². The van der Waals surface area contributed by atoms with E-state index >= 15 is 0 Å². The van der Waals surface area contributed by atoms with E-state index in [0.29, 0.717) is 0 Å². The second kappa shape index (κ2) is 6.34. The molecule has 0 unspecified atom stereocenters. The highest BCUT2D eigenvalue weighted by Crippen LogP contribution is 2.38. The molecular weight excluding hydrogens is 342 g/mol. The molecule has 23 heavy (non-hydrogen) atoms. The van der Waals surface area contributed by atoms with Crippen molar-refractivity contribution in [3.05, 3.63) is 35.5 Å². The van der Waals surface area contributed by atoms with Gasteiger partial charge in [0.25, 0.3) is 0 Å².